The molecule has 2 aliphatic rings. The Labute approximate surface area is 191 Å². The monoisotopic (exact) mass is 440 g/mol. The summed E-state index contributed by atoms with van der Waals surface area (Å²) in [6.45, 7) is 3.22. The van der Waals surface area contributed by atoms with E-state index in [0.29, 0.717) is 22.5 Å². The Bertz CT molecular complexity index is 1230. The molecule has 0 saturated carbocycles. The van der Waals surface area contributed by atoms with E-state index in [9.17, 15) is 14.7 Å². The maximum absolute atomic E-state index is 13.0. The average molecular weight is 441 g/mol. The summed E-state index contributed by atoms with van der Waals surface area (Å²) in [7, 11) is 0. The van der Waals surface area contributed by atoms with Gasteiger partial charge in [0.05, 0.1) is 16.8 Å². The molecule has 2 aliphatic heterocycles. The van der Waals surface area contributed by atoms with Gasteiger partial charge in [0.1, 0.15) is 0 Å². The van der Waals surface area contributed by atoms with E-state index >= 15 is 0 Å². The molecule has 33 heavy (non-hydrogen) atoms. The predicted molar refractivity (Wildman–Crippen MR) is 128 cm³/mol. The third-order valence-electron chi connectivity index (χ3n) is 6.06. The first-order chi connectivity index (χ1) is 16.1. The summed E-state index contributed by atoms with van der Waals surface area (Å²) in [4.78, 5) is 31.1. The SMILES string of the molecule is O=C1Nc2ccc(C(=O)O)cc2/C1=C(/Nc1ccc(CN2CCCC2)cc1)c1ccncc1. The fourth-order valence-corrected chi connectivity index (χ4v) is 4.38. The number of benzene rings is 2. The van der Waals surface area contributed by atoms with Gasteiger partial charge in [-0.25, -0.2) is 4.79 Å². The van der Waals surface area contributed by atoms with Crippen molar-refractivity contribution in [2.24, 2.45) is 0 Å². The average Bonchev–Trinajstić information content (AvgIpc) is 3.45. The van der Waals surface area contributed by atoms with Crippen molar-refractivity contribution in [1.29, 1.82) is 0 Å². The Hall–Kier alpha value is -3.97. The first kappa shape index (κ1) is 20.9. The molecule has 7 heteroatoms. The fourth-order valence-electron chi connectivity index (χ4n) is 4.38. The number of hydrogen-bond donors (Lipinski definition) is 3. The van der Waals surface area contributed by atoms with Gasteiger partial charge in [-0.1, -0.05) is 12.1 Å². The van der Waals surface area contributed by atoms with Gasteiger partial charge in [0, 0.05) is 41.4 Å². The zero-order valence-electron chi connectivity index (χ0n) is 18.0. The van der Waals surface area contributed by atoms with Gasteiger partial charge in [-0.15, -0.1) is 0 Å². The number of aromatic carboxylic acids is 1. The van der Waals surface area contributed by atoms with Gasteiger partial charge >= 0.3 is 5.97 Å². The third-order valence-corrected chi connectivity index (χ3v) is 6.06. The van der Waals surface area contributed by atoms with Crippen LogP contribution in [0, 0.1) is 0 Å². The molecule has 2 aromatic carbocycles. The summed E-state index contributed by atoms with van der Waals surface area (Å²) in [5.41, 5.74) is 5.15. The molecule has 0 aliphatic carbocycles. The highest BCUT2D eigenvalue weighted by molar-refractivity contribution is 6.37. The summed E-state index contributed by atoms with van der Waals surface area (Å²) in [5, 5.41) is 15.7. The fraction of sp³-hybridized carbons (Fsp3) is 0.192. The van der Waals surface area contributed by atoms with Crippen molar-refractivity contribution in [2.75, 3.05) is 23.7 Å². The second-order valence-corrected chi connectivity index (χ2v) is 8.31. The van der Waals surface area contributed by atoms with Crippen LogP contribution < -0.4 is 10.6 Å². The summed E-state index contributed by atoms with van der Waals surface area (Å²) in [6, 6.07) is 16.5. The van der Waals surface area contributed by atoms with Crippen molar-refractivity contribution in [2.45, 2.75) is 19.4 Å². The zero-order chi connectivity index (χ0) is 22.8. The molecule has 0 atom stereocenters. The molecule has 1 amide bonds. The van der Waals surface area contributed by atoms with Crippen LogP contribution in [0.2, 0.25) is 0 Å². The quantitative estimate of drug-likeness (QED) is 0.495. The Morgan fingerprint density at radius 2 is 1.73 bits per heavy atom. The van der Waals surface area contributed by atoms with Gasteiger partial charge in [-0.3, -0.25) is 14.7 Å². The van der Waals surface area contributed by atoms with E-state index in [1.807, 2.05) is 24.3 Å². The van der Waals surface area contributed by atoms with E-state index in [4.69, 9.17) is 0 Å². The number of rotatable bonds is 6. The van der Waals surface area contributed by atoms with Crippen LogP contribution in [0.1, 0.15) is 39.9 Å². The molecule has 3 heterocycles. The minimum absolute atomic E-state index is 0.128. The molecule has 166 valence electrons. The van der Waals surface area contributed by atoms with Crippen molar-refractivity contribution in [3.8, 4) is 0 Å². The highest BCUT2D eigenvalue weighted by Gasteiger charge is 2.29. The number of carboxylic acids is 1. The number of carbonyl (C=O) groups excluding carboxylic acids is 1. The van der Waals surface area contributed by atoms with Gasteiger partial charge in [0.25, 0.3) is 5.91 Å². The van der Waals surface area contributed by atoms with Crippen LogP contribution in [0.15, 0.2) is 67.0 Å². The standard InChI is InChI=1S/C26H24N4O3/c31-25-23(21-15-19(26(32)33)5-8-22(21)29-25)24(18-9-11-27-12-10-18)28-20-6-3-17(4-7-20)16-30-13-1-2-14-30/h3-12,15,28H,1-2,13-14,16H2,(H,29,31)(H,32,33)/b24-23-. The Morgan fingerprint density at radius 3 is 2.42 bits per heavy atom. The minimum Gasteiger partial charge on any atom is -0.478 e. The van der Waals surface area contributed by atoms with Crippen molar-refractivity contribution >= 4 is 34.5 Å². The van der Waals surface area contributed by atoms with Gasteiger partial charge in [0.15, 0.2) is 0 Å². The van der Waals surface area contributed by atoms with E-state index in [2.05, 4.69) is 32.7 Å². The lowest BCUT2D eigenvalue weighted by Gasteiger charge is -2.17. The van der Waals surface area contributed by atoms with Crippen molar-refractivity contribution in [3.63, 3.8) is 0 Å². The van der Waals surface area contributed by atoms with Crippen molar-refractivity contribution < 1.29 is 14.7 Å². The maximum Gasteiger partial charge on any atom is 0.335 e. The second-order valence-electron chi connectivity index (χ2n) is 8.31. The molecule has 1 aromatic heterocycles. The molecule has 0 radical (unpaired) electrons. The van der Waals surface area contributed by atoms with Gasteiger partial charge < -0.3 is 15.7 Å². The molecule has 3 aromatic rings. The number of fused-ring (bicyclic) bond motifs is 1. The largest absolute Gasteiger partial charge is 0.478 e. The van der Waals surface area contributed by atoms with Crippen LogP contribution in [0.5, 0.6) is 0 Å². The normalized spacial score (nSPS) is 16.9. The number of anilines is 2. The van der Waals surface area contributed by atoms with E-state index in [1.165, 1.54) is 30.5 Å². The van der Waals surface area contributed by atoms with Crippen LogP contribution in [-0.4, -0.2) is 40.0 Å². The molecular weight excluding hydrogens is 416 g/mol. The minimum atomic E-state index is -1.04. The lowest BCUT2D eigenvalue weighted by atomic mass is 9.99. The van der Waals surface area contributed by atoms with Crippen LogP contribution in [-0.2, 0) is 11.3 Å². The Kier molecular flexibility index (Phi) is 5.62. The number of nitrogens with one attached hydrogen (secondary N) is 2. The van der Waals surface area contributed by atoms with E-state index in [-0.39, 0.29) is 11.5 Å². The molecule has 5 rings (SSSR count). The summed E-state index contributed by atoms with van der Waals surface area (Å²) in [6.07, 6.45) is 5.85. The number of likely N-dealkylation sites (tertiary alicyclic amines) is 1. The molecule has 1 saturated heterocycles. The summed E-state index contributed by atoms with van der Waals surface area (Å²) < 4.78 is 0. The number of carbonyl (C=O) groups is 2. The molecule has 0 spiro atoms. The van der Waals surface area contributed by atoms with Crippen LogP contribution >= 0.6 is 0 Å². The van der Waals surface area contributed by atoms with Gasteiger partial charge in [-0.05, 0) is 74.0 Å². The van der Waals surface area contributed by atoms with Crippen LogP contribution in [0.25, 0.3) is 11.3 Å². The molecule has 0 bridgehead atoms. The first-order valence-corrected chi connectivity index (χ1v) is 11.0. The second kappa shape index (κ2) is 8.88. The smallest absolute Gasteiger partial charge is 0.335 e. The van der Waals surface area contributed by atoms with Crippen LogP contribution in [0.3, 0.4) is 0 Å². The predicted octanol–water partition coefficient (Wildman–Crippen LogP) is 4.31. The Balaban J connectivity index is 1.53. The van der Waals surface area contributed by atoms with E-state index in [1.54, 1.807) is 18.5 Å². The zero-order valence-corrected chi connectivity index (χ0v) is 18.0. The topological polar surface area (TPSA) is 94.6 Å². The molecule has 3 N–H and O–H groups in total. The third kappa shape index (κ3) is 4.36. The van der Waals surface area contributed by atoms with Crippen molar-refractivity contribution in [1.82, 2.24) is 9.88 Å². The van der Waals surface area contributed by atoms with E-state index in [0.717, 1.165) is 30.9 Å². The highest BCUT2D eigenvalue weighted by atomic mass is 16.4. The molecule has 1 fully saturated rings. The lowest BCUT2D eigenvalue weighted by molar-refractivity contribution is -0.110. The molecule has 0 unspecified atom stereocenters. The molecule has 7 nitrogen and oxygen atoms in total. The molecular formula is C26H24N4O3. The number of hydrogen-bond acceptors (Lipinski definition) is 5. The van der Waals surface area contributed by atoms with Gasteiger partial charge in [0.2, 0.25) is 0 Å². The van der Waals surface area contributed by atoms with Crippen molar-refractivity contribution in [3.05, 3.63) is 89.2 Å². The van der Waals surface area contributed by atoms with Crippen LogP contribution in [0.4, 0.5) is 11.4 Å². The summed E-state index contributed by atoms with van der Waals surface area (Å²) in [5.74, 6) is -1.32. The van der Waals surface area contributed by atoms with E-state index < -0.39 is 5.97 Å². The highest BCUT2D eigenvalue weighted by Crippen LogP contribution is 2.38. The number of carboxylic acid groups (broad SMARTS) is 1. The summed E-state index contributed by atoms with van der Waals surface area (Å²) >= 11 is 0. The maximum atomic E-state index is 13.0. The number of nitrogens with zero attached hydrogens (tertiary/aromatic N) is 2. The first-order valence-electron chi connectivity index (χ1n) is 11.0. The Morgan fingerprint density at radius 1 is 1.00 bits per heavy atom. The lowest BCUT2D eigenvalue weighted by Crippen LogP contribution is -2.18. The number of pyridine rings is 1. The number of aromatic nitrogens is 1. The number of amides is 1. The van der Waals surface area contributed by atoms with Gasteiger partial charge in [-0.2, -0.15) is 0 Å².